The highest BCUT2D eigenvalue weighted by Gasteiger charge is 2.29. The van der Waals surface area contributed by atoms with Crippen molar-refractivity contribution in [2.45, 2.75) is 45.9 Å². The molecule has 1 N–H and O–H groups in total. The number of rotatable bonds is 4. The molecule has 0 unspecified atom stereocenters. The van der Waals surface area contributed by atoms with Crippen molar-refractivity contribution in [2.75, 3.05) is 18.4 Å². The van der Waals surface area contributed by atoms with E-state index in [1.807, 2.05) is 20.8 Å². The predicted molar refractivity (Wildman–Crippen MR) is 86.1 cm³/mol. The Morgan fingerprint density at radius 3 is 2.23 bits per heavy atom. The average molecular weight is 304 g/mol. The van der Waals surface area contributed by atoms with Crippen LogP contribution in [-0.2, 0) is 9.53 Å². The standard InChI is InChI=1S/C17H24N2O3/c1-11-9-19(10-12(2)22-11)13(3)17(21)18-16-7-5-15(6-8-16)14(4)20/h5-8,11-13H,9-10H2,1-4H3,(H,18,21)/t11-,12+,13-/m1/s1. The molecule has 1 aliphatic rings. The molecule has 1 aromatic rings. The van der Waals surface area contributed by atoms with Crippen LogP contribution in [0.15, 0.2) is 24.3 Å². The van der Waals surface area contributed by atoms with Gasteiger partial charge in [-0.05, 0) is 52.0 Å². The van der Waals surface area contributed by atoms with Crippen LogP contribution in [0.3, 0.4) is 0 Å². The van der Waals surface area contributed by atoms with Gasteiger partial charge in [0.2, 0.25) is 5.91 Å². The first-order valence-corrected chi connectivity index (χ1v) is 7.68. The Morgan fingerprint density at radius 2 is 1.73 bits per heavy atom. The molecule has 1 aliphatic heterocycles. The molecule has 2 rings (SSSR count). The topological polar surface area (TPSA) is 58.6 Å². The van der Waals surface area contributed by atoms with Gasteiger partial charge in [-0.3, -0.25) is 14.5 Å². The number of morpholine rings is 1. The van der Waals surface area contributed by atoms with Crippen LogP contribution in [0.4, 0.5) is 5.69 Å². The summed E-state index contributed by atoms with van der Waals surface area (Å²) >= 11 is 0. The molecule has 0 bridgehead atoms. The number of carbonyl (C=O) groups excluding carboxylic acids is 2. The van der Waals surface area contributed by atoms with Crippen molar-refractivity contribution in [1.29, 1.82) is 0 Å². The fourth-order valence-corrected chi connectivity index (χ4v) is 2.73. The molecule has 1 heterocycles. The monoisotopic (exact) mass is 304 g/mol. The fraction of sp³-hybridized carbons (Fsp3) is 0.529. The molecule has 0 aliphatic carbocycles. The Kier molecular flexibility index (Phi) is 5.32. The lowest BCUT2D eigenvalue weighted by Gasteiger charge is -2.38. The second kappa shape index (κ2) is 7.03. The van der Waals surface area contributed by atoms with E-state index in [1.165, 1.54) is 6.92 Å². The lowest BCUT2D eigenvalue weighted by atomic mass is 10.1. The maximum absolute atomic E-state index is 12.4. The van der Waals surface area contributed by atoms with Crippen molar-refractivity contribution in [3.8, 4) is 0 Å². The number of hydrogen-bond acceptors (Lipinski definition) is 4. The minimum Gasteiger partial charge on any atom is -0.373 e. The van der Waals surface area contributed by atoms with Gasteiger partial charge in [-0.25, -0.2) is 0 Å². The molecule has 120 valence electrons. The highest BCUT2D eigenvalue weighted by Crippen LogP contribution is 2.16. The molecular weight excluding hydrogens is 280 g/mol. The molecule has 5 nitrogen and oxygen atoms in total. The largest absolute Gasteiger partial charge is 0.373 e. The van der Waals surface area contributed by atoms with Gasteiger partial charge in [0.05, 0.1) is 18.2 Å². The molecule has 1 fully saturated rings. The molecule has 0 radical (unpaired) electrons. The van der Waals surface area contributed by atoms with Gasteiger partial charge in [-0.2, -0.15) is 0 Å². The molecule has 1 amide bonds. The number of anilines is 1. The summed E-state index contributed by atoms with van der Waals surface area (Å²) in [7, 11) is 0. The third-order valence-electron chi connectivity index (χ3n) is 3.93. The van der Waals surface area contributed by atoms with Crippen LogP contribution in [0.2, 0.25) is 0 Å². The van der Waals surface area contributed by atoms with E-state index < -0.39 is 0 Å². The smallest absolute Gasteiger partial charge is 0.241 e. The van der Waals surface area contributed by atoms with Crippen LogP contribution in [0.1, 0.15) is 38.1 Å². The summed E-state index contributed by atoms with van der Waals surface area (Å²) in [5.74, 6) is -0.0283. The summed E-state index contributed by atoms with van der Waals surface area (Å²) in [6.45, 7) is 8.98. The van der Waals surface area contributed by atoms with Gasteiger partial charge in [0.1, 0.15) is 0 Å². The SMILES string of the molecule is CC(=O)c1ccc(NC(=O)[C@@H](C)N2C[C@@H](C)O[C@@H](C)C2)cc1. The highest BCUT2D eigenvalue weighted by molar-refractivity contribution is 5.96. The van der Waals surface area contributed by atoms with Gasteiger partial charge in [0.25, 0.3) is 0 Å². The van der Waals surface area contributed by atoms with E-state index in [0.717, 1.165) is 13.1 Å². The van der Waals surface area contributed by atoms with Crippen LogP contribution in [0.5, 0.6) is 0 Å². The van der Waals surface area contributed by atoms with E-state index in [0.29, 0.717) is 11.3 Å². The Morgan fingerprint density at radius 1 is 1.18 bits per heavy atom. The average Bonchev–Trinajstić information content (AvgIpc) is 2.46. The van der Waals surface area contributed by atoms with E-state index in [2.05, 4.69) is 10.2 Å². The number of benzene rings is 1. The molecule has 0 aromatic heterocycles. The van der Waals surface area contributed by atoms with Crippen molar-refractivity contribution >= 4 is 17.4 Å². The number of nitrogens with one attached hydrogen (secondary N) is 1. The molecule has 1 aromatic carbocycles. The van der Waals surface area contributed by atoms with Crippen LogP contribution >= 0.6 is 0 Å². The first-order chi connectivity index (χ1) is 10.4. The molecule has 1 saturated heterocycles. The quantitative estimate of drug-likeness (QED) is 0.867. The minimum atomic E-state index is -0.221. The second-order valence-electron chi connectivity index (χ2n) is 6.01. The van der Waals surface area contributed by atoms with Gasteiger partial charge in [-0.1, -0.05) is 0 Å². The van der Waals surface area contributed by atoms with Gasteiger partial charge in [-0.15, -0.1) is 0 Å². The third-order valence-corrected chi connectivity index (χ3v) is 3.93. The van der Waals surface area contributed by atoms with Crippen molar-refractivity contribution < 1.29 is 14.3 Å². The number of ether oxygens (including phenoxy) is 1. The van der Waals surface area contributed by atoms with Crippen LogP contribution in [0, 0.1) is 0 Å². The van der Waals surface area contributed by atoms with Crippen molar-refractivity contribution in [1.82, 2.24) is 4.90 Å². The molecule has 5 heteroatoms. The maximum Gasteiger partial charge on any atom is 0.241 e. The zero-order valence-electron chi connectivity index (χ0n) is 13.6. The van der Waals surface area contributed by atoms with Crippen LogP contribution < -0.4 is 5.32 Å². The number of hydrogen-bond donors (Lipinski definition) is 1. The summed E-state index contributed by atoms with van der Waals surface area (Å²) in [6.07, 6.45) is 0.266. The zero-order chi connectivity index (χ0) is 16.3. The highest BCUT2D eigenvalue weighted by atomic mass is 16.5. The Hall–Kier alpha value is -1.72. The van der Waals surface area contributed by atoms with E-state index in [4.69, 9.17) is 4.74 Å². The molecule has 0 spiro atoms. The van der Waals surface area contributed by atoms with Crippen molar-refractivity contribution in [3.63, 3.8) is 0 Å². The molecule has 0 saturated carbocycles. The summed E-state index contributed by atoms with van der Waals surface area (Å²) in [5, 5.41) is 2.90. The number of Topliss-reactive ketones (excluding diaryl/α,β-unsaturated/α-hetero) is 1. The number of carbonyl (C=O) groups is 2. The minimum absolute atomic E-state index is 0.0162. The third kappa shape index (κ3) is 4.15. The van der Waals surface area contributed by atoms with Crippen molar-refractivity contribution in [3.05, 3.63) is 29.8 Å². The summed E-state index contributed by atoms with van der Waals surface area (Å²) in [6, 6.07) is 6.74. The number of amides is 1. The summed E-state index contributed by atoms with van der Waals surface area (Å²) in [4.78, 5) is 25.8. The lowest BCUT2D eigenvalue weighted by Crippen LogP contribution is -2.52. The lowest BCUT2D eigenvalue weighted by molar-refractivity contribution is -0.126. The van der Waals surface area contributed by atoms with E-state index in [1.54, 1.807) is 24.3 Å². The van der Waals surface area contributed by atoms with Gasteiger partial charge < -0.3 is 10.1 Å². The molecule has 22 heavy (non-hydrogen) atoms. The van der Waals surface area contributed by atoms with Crippen LogP contribution in [-0.4, -0.2) is 47.9 Å². The Labute approximate surface area is 131 Å². The van der Waals surface area contributed by atoms with Crippen molar-refractivity contribution in [2.24, 2.45) is 0 Å². The second-order valence-corrected chi connectivity index (χ2v) is 6.01. The van der Waals surface area contributed by atoms with E-state index in [-0.39, 0.29) is 29.9 Å². The predicted octanol–water partition coefficient (Wildman–Crippen LogP) is 2.33. The van der Waals surface area contributed by atoms with Gasteiger partial charge >= 0.3 is 0 Å². The van der Waals surface area contributed by atoms with Gasteiger partial charge in [0.15, 0.2) is 5.78 Å². The van der Waals surface area contributed by atoms with E-state index in [9.17, 15) is 9.59 Å². The fourth-order valence-electron chi connectivity index (χ4n) is 2.73. The number of nitrogens with zero attached hydrogens (tertiary/aromatic N) is 1. The Balaban J connectivity index is 1.97. The Bertz CT molecular complexity index is 531. The van der Waals surface area contributed by atoms with E-state index >= 15 is 0 Å². The molecular formula is C17H24N2O3. The first kappa shape index (κ1) is 16.6. The summed E-state index contributed by atoms with van der Waals surface area (Å²) < 4.78 is 5.69. The first-order valence-electron chi connectivity index (χ1n) is 7.68. The zero-order valence-corrected chi connectivity index (χ0v) is 13.6. The summed E-state index contributed by atoms with van der Waals surface area (Å²) in [5.41, 5.74) is 1.35. The number of ketones is 1. The maximum atomic E-state index is 12.4. The van der Waals surface area contributed by atoms with Gasteiger partial charge in [0, 0.05) is 24.3 Å². The normalized spacial score (nSPS) is 23.8. The molecule has 3 atom stereocenters. The van der Waals surface area contributed by atoms with Crippen LogP contribution in [0.25, 0.3) is 0 Å².